The SMILES string of the molecule is CCOc1cc(/C(O)=C2/C(=O)C(=O)N(C3CCCCC3)C2c2ccco2)ccc1Cl. The average molecular weight is 430 g/mol. The van der Waals surface area contributed by atoms with Crippen LogP contribution in [0.15, 0.2) is 46.6 Å². The minimum Gasteiger partial charge on any atom is -0.507 e. The molecule has 1 aliphatic heterocycles. The molecule has 2 fully saturated rings. The van der Waals surface area contributed by atoms with E-state index < -0.39 is 17.7 Å². The summed E-state index contributed by atoms with van der Waals surface area (Å²) in [5.41, 5.74) is 0.395. The molecule has 1 N–H and O–H groups in total. The normalized spacial score (nSPS) is 21.9. The van der Waals surface area contributed by atoms with Crippen molar-refractivity contribution in [1.29, 1.82) is 0 Å². The van der Waals surface area contributed by atoms with Gasteiger partial charge in [0.05, 0.1) is 23.5 Å². The number of hydrogen-bond acceptors (Lipinski definition) is 5. The van der Waals surface area contributed by atoms with Gasteiger partial charge in [0.15, 0.2) is 0 Å². The van der Waals surface area contributed by atoms with Crippen molar-refractivity contribution in [1.82, 2.24) is 4.90 Å². The Labute approximate surface area is 180 Å². The van der Waals surface area contributed by atoms with Crippen LogP contribution in [-0.2, 0) is 9.59 Å². The Bertz CT molecular complexity index is 975. The maximum absolute atomic E-state index is 13.0. The van der Waals surface area contributed by atoms with Crippen LogP contribution in [0.25, 0.3) is 5.76 Å². The van der Waals surface area contributed by atoms with E-state index >= 15 is 0 Å². The minimum absolute atomic E-state index is 0.0327. The lowest BCUT2D eigenvalue weighted by Crippen LogP contribution is -2.40. The third-order valence-electron chi connectivity index (χ3n) is 5.77. The van der Waals surface area contributed by atoms with Gasteiger partial charge in [-0.2, -0.15) is 0 Å². The zero-order valence-corrected chi connectivity index (χ0v) is 17.5. The van der Waals surface area contributed by atoms with Gasteiger partial charge >= 0.3 is 0 Å². The molecule has 1 amide bonds. The summed E-state index contributed by atoms with van der Waals surface area (Å²) in [4.78, 5) is 27.7. The van der Waals surface area contributed by atoms with Crippen LogP contribution in [0.1, 0.15) is 56.4 Å². The van der Waals surface area contributed by atoms with Crippen molar-refractivity contribution in [3.63, 3.8) is 0 Å². The molecule has 1 aromatic heterocycles. The number of rotatable bonds is 5. The molecular formula is C23H24ClNO5. The monoisotopic (exact) mass is 429 g/mol. The van der Waals surface area contributed by atoms with Crippen molar-refractivity contribution >= 4 is 29.1 Å². The van der Waals surface area contributed by atoms with Crippen LogP contribution in [0.3, 0.4) is 0 Å². The molecular weight excluding hydrogens is 406 g/mol. The topological polar surface area (TPSA) is 80.0 Å². The Hall–Kier alpha value is -2.73. The van der Waals surface area contributed by atoms with Gasteiger partial charge in [-0.05, 0) is 50.1 Å². The van der Waals surface area contributed by atoms with E-state index in [2.05, 4.69) is 0 Å². The number of furan rings is 1. The van der Waals surface area contributed by atoms with Gasteiger partial charge in [-0.15, -0.1) is 0 Å². The summed E-state index contributed by atoms with van der Waals surface area (Å²) in [5.74, 6) is -0.693. The molecule has 0 radical (unpaired) electrons. The number of nitrogens with zero attached hydrogens (tertiary/aromatic N) is 1. The number of aliphatic hydroxyl groups is 1. The lowest BCUT2D eigenvalue weighted by atomic mass is 9.92. The van der Waals surface area contributed by atoms with Crippen LogP contribution >= 0.6 is 11.6 Å². The smallest absolute Gasteiger partial charge is 0.296 e. The summed E-state index contributed by atoms with van der Waals surface area (Å²) in [6, 6.07) is 7.41. The first-order chi connectivity index (χ1) is 14.5. The van der Waals surface area contributed by atoms with Crippen LogP contribution in [0.2, 0.25) is 5.02 Å². The molecule has 1 aliphatic carbocycles. The highest BCUT2D eigenvalue weighted by Gasteiger charge is 2.50. The largest absolute Gasteiger partial charge is 0.507 e. The lowest BCUT2D eigenvalue weighted by molar-refractivity contribution is -0.142. The van der Waals surface area contributed by atoms with E-state index in [-0.39, 0.29) is 17.4 Å². The van der Waals surface area contributed by atoms with E-state index in [0.717, 1.165) is 32.1 Å². The summed E-state index contributed by atoms with van der Waals surface area (Å²) in [5, 5.41) is 11.5. The molecule has 7 heteroatoms. The first-order valence-electron chi connectivity index (χ1n) is 10.3. The van der Waals surface area contributed by atoms with Crippen molar-refractivity contribution in [3.05, 3.63) is 58.5 Å². The summed E-state index contributed by atoms with van der Waals surface area (Å²) in [6.07, 6.45) is 6.31. The number of hydrogen-bond donors (Lipinski definition) is 1. The van der Waals surface area contributed by atoms with E-state index in [1.54, 1.807) is 35.2 Å². The van der Waals surface area contributed by atoms with Crippen molar-refractivity contribution in [3.8, 4) is 5.75 Å². The Morgan fingerprint density at radius 2 is 2.00 bits per heavy atom. The predicted molar refractivity (Wildman–Crippen MR) is 112 cm³/mol. The molecule has 1 unspecified atom stereocenters. The number of aliphatic hydroxyl groups excluding tert-OH is 1. The van der Waals surface area contributed by atoms with Crippen molar-refractivity contribution in [2.45, 2.75) is 51.1 Å². The molecule has 158 valence electrons. The van der Waals surface area contributed by atoms with E-state index in [1.165, 1.54) is 6.26 Å². The molecule has 6 nitrogen and oxygen atoms in total. The van der Waals surface area contributed by atoms with E-state index in [9.17, 15) is 14.7 Å². The van der Waals surface area contributed by atoms with Gasteiger partial charge in [-0.3, -0.25) is 9.59 Å². The van der Waals surface area contributed by atoms with Gasteiger partial charge in [-0.1, -0.05) is 30.9 Å². The molecule has 4 rings (SSSR count). The first-order valence-corrected chi connectivity index (χ1v) is 10.7. The number of likely N-dealkylation sites (tertiary alicyclic amines) is 1. The Kier molecular flexibility index (Phi) is 5.86. The standard InChI is InChI=1S/C23H24ClNO5/c1-2-29-18-13-14(10-11-16(18)24)21(26)19-20(17-9-6-12-30-17)25(23(28)22(19)27)15-7-4-3-5-8-15/h6,9-13,15,20,26H,2-5,7-8H2,1H3/b21-19-. The van der Waals surface area contributed by atoms with Gasteiger partial charge in [0.1, 0.15) is 23.3 Å². The Morgan fingerprint density at radius 1 is 1.23 bits per heavy atom. The highest BCUT2D eigenvalue weighted by molar-refractivity contribution is 6.46. The van der Waals surface area contributed by atoms with Gasteiger partial charge in [0, 0.05) is 11.6 Å². The van der Waals surface area contributed by atoms with Gasteiger partial charge in [-0.25, -0.2) is 0 Å². The number of ketones is 1. The van der Waals surface area contributed by atoms with Crippen LogP contribution in [-0.4, -0.2) is 34.3 Å². The molecule has 1 saturated carbocycles. The average Bonchev–Trinajstić information content (AvgIpc) is 3.37. The second kappa shape index (κ2) is 8.56. The van der Waals surface area contributed by atoms with Crippen molar-refractivity contribution in [2.75, 3.05) is 6.61 Å². The molecule has 30 heavy (non-hydrogen) atoms. The number of Topliss-reactive ketones (excluding diaryl/α,β-unsaturated/α-hetero) is 1. The first kappa shape index (κ1) is 20.5. The molecule has 1 aromatic carbocycles. The van der Waals surface area contributed by atoms with Crippen LogP contribution in [0, 0.1) is 0 Å². The molecule has 0 spiro atoms. The van der Waals surface area contributed by atoms with Crippen LogP contribution < -0.4 is 4.74 Å². The number of halogens is 1. The van der Waals surface area contributed by atoms with Crippen molar-refractivity contribution in [2.24, 2.45) is 0 Å². The summed E-state index contributed by atoms with van der Waals surface area (Å²) in [6.45, 7) is 2.23. The molecule has 0 bridgehead atoms. The van der Waals surface area contributed by atoms with Crippen LogP contribution in [0.5, 0.6) is 5.75 Å². The maximum Gasteiger partial charge on any atom is 0.296 e. The summed E-state index contributed by atoms with van der Waals surface area (Å²) < 4.78 is 11.1. The number of benzene rings is 1. The lowest BCUT2D eigenvalue weighted by Gasteiger charge is -2.34. The quantitative estimate of drug-likeness (QED) is 0.407. The highest BCUT2D eigenvalue weighted by atomic mass is 35.5. The second-order valence-corrected chi connectivity index (χ2v) is 8.00. The molecule has 2 aliphatic rings. The van der Waals surface area contributed by atoms with Gasteiger partial charge < -0.3 is 19.2 Å². The third-order valence-corrected chi connectivity index (χ3v) is 6.08. The number of ether oxygens (including phenoxy) is 1. The predicted octanol–water partition coefficient (Wildman–Crippen LogP) is 5.09. The third kappa shape index (κ3) is 3.60. The minimum atomic E-state index is -0.755. The zero-order chi connectivity index (χ0) is 21.3. The molecule has 2 heterocycles. The van der Waals surface area contributed by atoms with Crippen LogP contribution in [0.4, 0.5) is 0 Å². The second-order valence-electron chi connectivity index (χ2n) is 7.59. The molecule has 2 aromatic rings. The number of amides is 1. The van der Waals surface area contributed by atoms with Gasteiger partial charge in [0.2, 0.25) is 0 Å². The van der Waals surface area contributed by atoms with E-state index in [1.807, 2.05) is 6.92 Å². The van der Waals surface area contributed by atoms with E-state index in [0.29, 0.717) is 28.7 Å². The number of carbonyl (C=O) groups excluding carboxylic acids is 2. The van der Waals surface area contributed by atoms with E-state index in [4.69, 9.17) is 20.8 Å². The maximum atomic E-state index is 13.0. The summed E-state index contributed by atoms with van der Waals surface area (Å²) >= 11 is 6.16. The molecule has 1 saturated heterocycles. The van der Waals surface area contributed by atoms with Gasteiger partial charge in [0.25, 0.3) is 11.7 Å². The van der Waals surface area contributed by atoms with Crippen molar-refractivity contribution < 1.29 is 23.8 Å². The zero-order valence-electron chi connectivity index (χ0n) is 16.8. The number of carbonyl (C=O) groups is 2. The highest BCUT2D eigenvalue weighted by Crippen LogP contribution is 2.43. The fourth-order valence-corrected chi connectivity index (χ4v) is 4.56. The Morgan fingerprint density at radius 3 is 2.67 bits per heavy atom. The molecule has 1 atom stereocenters. The Balaban J connectivity index is 1.83. The fourth-order valence-electron chi connectivity index (χ4n) is 4.38. The summed E-state index contributed by atoms with van der Waals surface area (Å²) in [7, 11) is 0. The fraction of sp³-hybridized carbons (Fsp3) is 0.391.